The standard InChI is InChI=1S/C12H9F3N2O2S/c13-12(14,15)7-19-10-2-1-9(5-16-10)17-11(18)8-3-4-20-6-8/h1-6H,7H2,(H,17,18). The van der Waals surface area contributed by atoms with Crippen LogP contribution in [0.1, 0.15) is 10.4 Å². The van der Waals surface area contributed by atoms with E-state index < -0.39 is 12.8 Å². The minimum Gasteiger partial charge on any atom is -0.468 e. The van der Waals surface area contributed by atoms with E-state index in [4.69, 9.17) is 0 Å². The lowest BCUT2D eigenvalue weighted by atomic mass is 10.3. The van der Waals surface area contributed by atoms with Crippen molar-refractivity contribution in [3.05, 3.63) is 40.7 Å². The van der Waals surface area contributed by atoms with Gasteiger partial charge in [0.25, 0.3) is 5.91 Å². The van der Waals surface area contributed by atoms with Gasteiger partial charge in [0.05, 0.1) is 17.4 Å². The molecule has 0 fully saturated rings. The van der Waals surface area contributed by atoms with Gasteiger partial charge in [-0.2, -0.15) is 24.5 Å². The molecule has 0 bridgehead atoms. The first-order valence-electron chi connectivity index (χ1n) is 5.43. The molecule has 0 atom stereocenters. The van der Waals surface area contributed by atoms with Crippen molar-refractivity contribution >= 4 is 22.9 Å². The quantitative estimate of drug-likeness (QED) is 0.942. The van der Waals surface area contributed by atoms with Gasteiger partial charge in [-0.3, -0.25) is 4.79 Å². The molecule has 1 N–H and O–H groups in total. The van der Waals surface area contributed by atoms with Gasteiger partial charge >= 0.3 is 6.18 Å². The highest BCUT2D eigenvalue weighted by Gasteiger charge is 2.28. The number of carbonyl (C=O) groups excluding carboxylic acids is 1. The molecule has 0 radical (unpaired) electrons. The third-order valence-electron chi connectivity index (χ3n) is 2.16. The molecule has 0 spiro atoms. The minimum absolute atomic E-state index is 0.157. The number of ether oxygens (including phenoxy) is 1. The Bertz CT molecular complexity index is 567. The van der Waals surface area contributed by atoms with Crippen LogP contribution >= 0.6 is 11.3 Å². The predicted molar refractivity (Wildman–Crippen MR) is 68.1 cm³/mol. The molecule has 0 aromatic carbocycles. The SMILES string of the molecule is O=C(Nc1ccc(OCC(F)(F)F)nc1)c1ccsc1. The van der Waals surface area contributed by atoms with Crippen molar-refractivity contribution in [2.45, 2.75) is 6.18 Å². The van der Waals surface area contributed by atoms with Gasteiger partial charge in [-0.05, 0) is 17.5 Å². The van der Waals surface area contributed by atoms with Gasteiger partial charge in [0, 0.05) is 11.4 Å². The Morgan fingerprint density at radius 1 is 1.35 bits per heavy atom. The molecular formula is C12H9F3N2O2S. The highest BCUT2D eigenvalue weighted by molar-refractivity contribution is 7.08. The topological polar surface area (TPSA) is 51.2 Å². The number of carbonyl (C=O) groups is 1. The van der Waals surface area contributed by atoms with Crippen molar-refractivity contribution in [3.63, 3.8) is 0 Å². The smallest absolute Gasteiger partial charge is 0.422 e. The zero-order valence-electron chi connectivity index (χ0n) is 9.98. The summed E-state index contributed by atoms with van der Waals surface area (Å²) < 4.78 is 40.3. The van der Waals surface area contributed by atoms with Gasteiger partial charge in [-0.1, -0.05) is 0 Å². The van der Waals surface area contributed by atoms with E-state index in [2.05, 4.69) is 15.0 Å². The third-order valence-corrected chi connectivity index (χ3v) is 2.84. The minimum atomic E-state index is -4.41. The van der Waals surface area contributed by atoms with Crippen LogP contribution in [0.25, 0.3) is 0 Å². The Morgan fingerprint density at radius 3 is 2.70 bits per heavy atom. The first kappa shape index (κ1) is 14.3. The maximum atomic E-state index is 11.9. The zero-order chi connectivity index (χ0) is 14.6. The monoisotopic (exact) mass is 302 g/mol. The van der Waals surface area contributed by atoms with Crippen molar-refractivity contribution in [1.82, 2.24) is 4.98 Å². The predicted octanol–water partition coefficient (Wildman–Crippen LogP) is 3.34. The van der Waals surface area contributed by atoms with E-state index in [-0.39, 0.29) is 11.8 Å². The largest absolute Gasteiger partial charge is 0.468 e. The summed E-state index contributed by atoms with van der Waals surface area (Å²) in [6.07, 6.45) is -3.18. The average Bonchev–Trinajstić information content (AvgIpc) is 2.91. The molecule has 2 aromatic rings. The molecule has 0 saturated carbocycles. The van der Waals surface area contributed by atoms with Gasteiger partial charge in [0.1, 0.15) is 0 Å². The second-order valence-corrected chi connectivity index (χ2v) is 4.54. The number of halogens is 3. The highest BCUT2D eigenvalue weighted by Crippen LogP contribution is 2.18. The fraction of sp³-hybridized carbons (Fsp3) is 0.167. The number of hydrogen-bond acceptors (Lipinski definition) is 4. The number of nitrogens with zero attached hydrogens (tertiary/aromatic N) is 1. The number of hydrogen-bond donors (Lipinski definition) is 1. The van der Waals surface area contributed by atoms with E-state index in [9.17, 15) is 18.0 Å². The van der Waals surface area contributed by atoms with Crippen LogP contribution in [0.15, 0.2) is 35.2 Å². The average molecular weight is 302 g/mol. The molecule has 4 nitrogen and oxygen atoms in total. The Balaban J connectivity index is 1.93. The first-order chi connectivity index (χ1) is 9.44. The number of anilines is 1. The van der Waals surface area contributed by atoms with Gasteiger partial charge in [0.2, 0.25) is 5.88 Å². The molecule has 2 heterocycles. The van der Waals surface area contributed by atoms with Crippen molar-refractivity contribution in [3.8, 4) is 5.88 Å². The summed E-state index contributed by atoms with van der Waals surface area (Å²) in [6, 6.07) is 4.34. The van der Waals surface area contributed by atoms with E-state index in [1.165, 1.54) is 29.7 Å². The molecule has 8 heteroatoms. The van der Waals surface area contributed by atoms with Gasteiger partial charge in [-0.15, -0.1) is 0 Å². The summed E-state index contributed by atoms with van der Waals surface area (Å²) in [5.74, 6) is -0.465. The Hall–Kier alpha value is -2.09. The number of amides is 1. The van der Waals surface area contributed by atoms with Crippen LogP contribution in [0.2, 0.25) is 0 Å². The molecule has 20 heavy (non-hydrogen) atoms. The molecule has 2 rings (SSSR count). The molecule has 0 aliphatic rings. The Morgan fingerprint density at radius 2 is 2.15 bits per heavy atom. The number of thiophene rings is 1. The lowest BCUT2D eigenvalue weighted by Crippen LogP contribution is -2.19. The van der Waals surface area contributed by atoms with Crippen molar-refractivity contribution in [2.75, 3.05) is 11.9 Å². The van der Waals surface area contributed by atoms with Crippen molar-refractivity contribution < 1.29 is 22.7 Å². The maximum absolute atomic E-state index is 11.9. The van der Waals surface area contributed by atoms with Crippen LogP contribution in [-0.4, -0.2) is 23.7 Å². The number of aromatic nitrogens is 1. The molecule has 0 aliphatic carbocycles. The van der Waals surface area contributed by atoms with E-state index in [0.29, 0.717) is 11.3 Å². The normalized spacial score (nSPS) is 11.2. The fourth-order valence-electron chi connectivity index (χ4n) is 1.29. The van der Waals surface area contributed by atoms with Crippen LogP contribution in [0.5, 0.6) is 5.88 Å². The van der Waals surface area contributed by atoms with E-state index in [1.807, 2.05) is 0 Å². The molecule has 106 valence electrons. The maximum Gasteiger partial charge on any atom is 0.422 e. The van der Waals surface area contributed by atoms with Crippen LogP contribution in [0.3, 0.4) is 0 Å². The van der Waals surface area contributed by atoms with Gasteiger partial charge < -0.3 is 10.1 Å². The summed E-state index contributed by atoms with van der Waals surface area (Å²) >= 11 is 1.39. The van der Waals surface area contributed by atoms with Crippen LogP contribution < -0.4 is 10.1 Å². The fourth-order valence-corrected chi connectivity index (χ4v) is 1.93. The van der Waals surface area contributed by atoms with Crippen LogP contribution in [0, 0.1) is 0 Å². The Labute approximate surface area is 116 Å². The summed E-state index contributed by atoms with van der Waals surface area (Å²) in [7, 11) is 0. The third kappa shape index (κ3) is 4.23. The van der Waals surface area contributed by atoms with Crippen molar-refractivity contribution in [1.29, 1.82) is 0 Å². The second kappa shape index (κ2) is 5.91. The van der Waals surface area contributed by atoms with E-state index >= 15 is 0 Å². The summed E-state index contributed by atoms with van der Waals surface area (Å²) in [6.45, 7) is -1.40. The molecule has 1 amide bonds. The number of alkyl halides is 3. The van der Waals surface area contributed by atoms with E-state index in [1.54, 1.807) is 16.8 Å². The molecule has 2 aromatic heterocycles. The molecule has 0 unspecified atom stereocenters. The molecule has 0 saturated heterocycles. The van der Waals surface area contributed by atoms with Gasteiger partial charge in [0.15, 0.2) is 6.61 Å². The number of nitrogens with one attached hydrogen (secondary N) is 1. The first-order valence-corrected chi connectivity index (χ1v) is 6.37. The zero-order valence-corrected chi connectivity index (χ0v) is 10.8. The van der Waals surface area contributed by atoms with E-state index in [0.717, 1.165) is 0 Å². The van der Waals surface area contributed by atoms with Crippen LogP contribution in [-0.2, 0) is 0 Å². The lowest BCUT2D eigenvalue weighted by Gasteiger charge is -2.09. The van der Waals surface area contributed by atoms with Crippen LogP contribution in [0.4, 0.5) is 18.9 Å². The summed E-state index contributed by atoms with van der Waals surface area (Å²) in [5, 5.41) is 6.02. The molecular weight excluding hydrogens is 293 g/mol. The van der Waals surface area contributed by atoms with Crippen molar-refractivity contribution in [2.24, 2.45) is 0 Å². The summed E-state index contributed by atoms with van der Waals surface area (Å²) in [4.78, 5) is 15.4. The Kier molecular flexibility index (Phi) is 4.23. The second-order valence-electron chi connectivity index (χ2n) is 3.76. The highest BCUT2D eigenvalue weighted by atomic mass is 32.1. The number of pyridine rings is 1. The lowest BCUT2D eigenvalue weighted by molar-refractivity contribution is -0.154. The number of rotatable bonds is 4. The molecule has 0 aliphatic heterocycles. The van der Waals surface area contributed by atoms with Gasteiger partial charge in [-0.25, -0.2) is 4.98 Å². The summed E-state index contributed by atoms with van der Waals surface area (Å²) in [5.41, 5.74) is 0.882.